The van der Waals surface area contributed by atoms with Gasteiger partial charge in [0.15, 0.2) is 5.13 Å². The topological polar surface area (TPSA) is 57.3 Å². The number of amides is 2. The zero-order chi connectivity index (χ0) is 25.1. The number of pyridine rings is 1. The molecule has 5 nitrogen and oxygen atoms in total. The van der Waals surface area contributed by atoms with Gasteiger partial charge in [0.25, 0.3) is 0 Å². The first-order valence-electron chi connectivity index (χ1n) is 12.2. The molecule has 0 saturated carbocycles. The number of aromatic nitrogens is 1. The Morgan fingerprint density at radius 3 is 2.63 bits per heavy atom. The molecule has 1 saturated heterocycles. The summed E-state index contributed by atoms with van der Waals surface area (Å²) >= 11 is 1.21. The highest BCUT2D eigenvalue weighted by atomic mass is 32.1. The molecule has 2 amide bonds. The van der Waals surface area contributed by atoms with Crippen LogP contribution in [0.15, 0.2) is 60.8 Å². The molecular weight excluding hydrogens is 459 g/mol. The van der Waals surface area contributed by atoms with Gasteiger partial charge in [0, 0.05) is 46.0 Å². The number of benzene rings is 1. The van der Waals surface area contributed by atoms with Crippen molar-refractivity contribution in [1.29, 1.82) is 0 Å². The van der Waals surface area contributed by atoms with Crippen molar-refractivity contribution in [2.75, 3.05) is 18.4 Å². The molecule has 0 radical (unpaired) electrons. The van der Waals surface area contributed by atoms with Crippen LogP contribution >= 0.6 is 11.3 Å². The van der Waals surface area contributed by atoms with Crippen molar-refractivity contribution in [3.63, 3.8) is 0 Å². The summed E-state index contributed by atoms with van der Waals surface area (Å²) in [6.07, 6.45) is 4.59. The summed E-state index contributed by atoms with van der Waals surface area (Å²) < 4.78 is 13.6. The van der Waals surface area contributed by atoms with E-state index in [2.05, 4.69) is 53.4 Å². The third-order valence-electron chi connectivity index (χ3n) is 7.59. The molecule has 1 aliphatic rings. The van der Waals surface area contributed by atoms with E-state index in [-0.39, 0.29) is 28.2 Å². The van der Waals surface area contributed by atoms with Gasteiger partial charge in [0.1, 0.15) is 0 Å². The second kappa shape index (κ2) is 10.5. The van der Waals surface area contributed by atoms with Gasteiger partial charge in [-0.15, -0.1) is 11.3 Å². The van der Waals surface area contributed by atoms with Crippen LogP contribution in [0.5, 0.6) is 0 Å². The highest BCUT2D eigenvalue weighted by Gasteiger charge is 2.47. The second-order valence-corrected chi connectivity index (χ2v) is 11.3. The number of nitrogens with one attached hydrogen (secondary N) is 2. The van der Waals surface area contributed by atoms with Crippen molar-refractivity contribution in [3.05, 3.63) is 82.1 Å². The first-order chi connectivity index (χ1) is 16.7. The minimum absolute atomic E-state index is 0.0621. The Balaban J connectivity index is 1.52. The third-order valence-corrected chi connectivity index (χ3v) is 8.52. The van der Waals surface area contributed by atoms with Crippen molar-refractivity contribution in [2.24, 2.45) is 5.41 Å². The number of anilines is 1. The molecule has 2 atom stereocenters. The summed E-state index contributed by atoms with van der Waals surface area (Å²) in [6.45, 7) is 10.3. The molecule has 1 aromatic carbocycles. The Hall–Kier alpha value is -2.77. The maximum atomic E-state index is 13.6. The van der Waals surface area contributed by atoms with Crippen LogP contribution in [0.1, 0.15) is 49.7 Å². The van der Waals surface area contributed by atoms with E-state index in [1.807, 2.05) is 49.5 Å². The first-order valence-corrected chi connectivity index (χ1v) is 13.0. The number of thiophene rings is 1. The summed E-state index contributed by atoms with van der Waals surface area (Å²) in [6, 6.07) is 16.8. The van der Waals surface area contributed by atoms with Crippen molar-refractivity contribution in [2.45, 2.75) is 58.5 Å². The summed E-state index contributed by atoms with van der Waals surface area (Å²) in [5, 5.41) is 6.01. The number of halogens is 1. The van der Waals surface area contributed by atoms with Crippen LogP contribution < -0.4 is 10.6 Å². The van der Waals surface area contributed by atoms with Crippen molar-refractivity contribution < 1.29 is 9.18 Å². The zero-order valence-electron chi connectivity index (χ0n) is 21.0. The number of nitrogens with zero attached hydrogens (tertiary/aromatic N) is 2. The van der Waals surface area contributed by atoms with Crippen LogP contribution in [0.4, 0.5) is 14.9 Å². The van der Waals surface area contributed by atoms with E-state index >= 15 is 0 Å². The molecule has 0 spiro atoms. The van der Waals surface area contributed by atoms with E-state index in [0.29, 0.717) is 0 Å². The number of hydrogen-bond acceptors (Lipinski definition) is 4. The average Bonchev–Trinajstić information content (AvgIpc) is 3.46. The summed E-state index contributed by atoms with van der Waals surface area (Å²) in [5.74, 6) is 0. The van der Waals surface area contributed by atoms with Crippen LogP contribution in [-0.2, 0) is 12.0 Å². The van der Waals surface area contributed by atoms with Crippen LogP contribution in [0.2, 0.25) is 0 Å². The Morgan fingerprint density at radius 2 is 1.97 bits per heavy atom. The molecule has 1 aliphatic heterocycles. The maximum Gasteiger partial charge on any atom is 0.319 e. The highest BCUT2D eigenvalue weighted by Crippen LogP contribution is 2.44. The lowest BCUT2D eigenvalue weighted by molar-refractivity contribution is 0.113. The molecule has 2 N–H and O–H groups in total. The third kappa shape index (κ3) is 5.90. The number of urea groups is 1. The molecule has 186 valence electrons. The fourth-order valence-corrected chi connectivity index (χ4v) is 5.78. The summed E-state index contributed by atoms with van der Waals surface area (Å²) in [7, 11) is 0. The lowest BCUT2D eigenvalue weighted by Crippen LogP contribution is -2.50. The minimum Gasteiger partial charge on any atom is -0.335 e. The van der Waals surface area contributed by atoms with Crippen LogP contribution in [-0.4, -0.2) is 35.0 Å². The average molecular weight is 495 g/mol. The molecule has 1 unspecified atom stereocenters. The van der Waals surface area contributed by atoms with E-state index in [9.17, 15) is 9.18 Å². The van der Waals surface area contributed by atoms with E-state index in [4.69, 9.17) is 0 Å². The van der Waals surface area contributed by atoms with E-state index in [1.165, 1.54) is 23.0 Å². The largest absolute Gasteiger partial charge is 0.335 e. The lowest BCUT2D eigenvalue weighted by Gasteiger charge is -2.40. The van der Waals surface area contributed by atoms with E-state index in [1.54, 1.807) is 0 Å². The van der Waals surface area contributed by atoms with Crippen LogP contribution in [0.3, 0.4) is 0 Å². The standard InChI is InChI=1S/C28H35FN4OS/c1-20-10-11-22(18-30-20)27(3,4)33-17-16-28(19-33,15-14-24-12-13-25(29)35-24)21(2)31-26(34)32-23-8-6-5-7-9-23/h5-13,18,21H,14-17,19H2,1-4H3,(H2,31,32,34)/t21-,28?/m1/s1. The van der Waals surface area contributed by atoms with Crippen molar-refractivity contribution in [3.8, 4) is 0 Å². The molecule has 0 aliphatic carbocycles. The Morgan fingerprint density at radius 1 is 1.20 bits per heavy atom. The van der Waals surface area contributed by atoms with Crippen molar-refractivity contribution >= 4 is 23.1 Å². The molecule has 3 aromatic rings. The monoisotopic (exact) mass is 494 g/mol. The maximum absolute atomic E-state index is 13.6. The first kappa shape index (κ1) is 25.3. The number of likely N-dealkylation sites (tertiary alicyclic amines) is 1. The van der Waals surface area contributed by atoms with Gasteiger partial charge >= 0.3 is 6.03 Å². The number of hydrogen-bond donors (Lipinski definition) is 2. The predicted molar refractivity (Wildman–Crippen MR) is 141 cm³/mol. The number of para-hydroxylation sites is 1. The van der Waals surface area contributed by atoms with Gasteiger partial charge in [-0.2, -0.15) is 4.39 Å². The summed E-state index contributed by atoms with van der Waals surface area (Å²) in [5.41, 5.74) is 2.63. The molecule has 35 heavy (non-hydrogen) atoms. The SMILES string of the molecule is Cc1ccc(C(C)(C)N2CCC(CCc3ccc(F)s3)([C@@H](C)NC(=O)Nc3ccccc3)C2)cn1. The number of rotatable bonds is 8. The number of carbonyl (C=O) groups excluding carboxylic acids is 1. The molecule has 0 bridgehead atoms. The highest BCUT2D eigenvalue weighted by molar-refractivity contribution is 7.10. The second-order valence-electron chi connectivity index (χ2n) is 10.2. The molecule has 1 fully saturated rings. The fourth-order valence-electron chi connectivity index (χ4n) is 5.06. The minimum atomic E-state index is -0.203. The Kier molecular flexibility index (Phi) is 7.57. The van der Waals surface area contributed by atoms with Gasteiger partial charge in [0.05, 0.1) is 0 Å². The normalized spacial score (nSPS) is 19.5. The quantitative estimate of drug-likeness (QED) is 0.383. The van der Waals surface area contributed by atoms with Gasteiger partial charge in [-0.1, -0.05) is 24.3 Å². The van der Waals surface area contributed by atoms with E-state index in [0.717, 1.165) is 48.6 Å². The van der Waals surface area contributed by atoms with Gasteiger partial charge in [-0.3, -0.25) is 9.88 Å². The number of carbonyl (C=O) groups is 1. The van der Waals surface area contributed by atoms with Crippen LogP contribution in [0, 0.1) is 17.5 Å². The zero-order valence-corrected chi connectivity index (χ0v) is 21.8. The fraction of sp³-hybridized carbons (Fsp3) is 0.429. The summed E-state index contributed by atoms with van der Waals surface area (Å²) in [4.78, 5) is 20.9. The lowest BCUT2D eigenvalue weighted by atomic mass is 9.75. The van der Waals surface area contributed by atoms with Gasteiger partial charge in [-0.05, 0) is 89.4 Å². The molecule has 2 aromatic heterocycles. The number of aryl methyl sites for hydroxylation is 2. The van der Waals surface area contributed by atoms with Crippen LogP contribution in [0.25, 0.3) is 0 Å². The van der Waals surface area contributed by atoms with Gasteiger partial charge < -0.3 is 10.6 Å². The molecular formula is C28H35FN4OS. The Labute approximate surface area is 211 Å². The van der Waals surface area contributed by atoms with Gasteiger partial charge in [-0.25, -0.2) is 4.79 Å². The van der Waals surface area contributed by atoms with Gasteiger partial charge in [0.2, 0.25) is 0 Å². The Bertz CT molecular complexity index is 1130. The molecule has 3 heterocycles. The molecule has 4 rings (SSSR count). The predicted octanol–water partition coefficient (Wildman–Crippen LogP) is 6.36. The van der Waals surface area contributed by atoms with Crippen molar-refractivity contribution in [1.82, 2.24) is 15.2 Å². The smallest absolute Gasteiger partial charge is 0.319 e. The molecule has 7 heteroatoms. The van der Waals surface area contributed by atoms with E-state index < -0.39 is 0 Å².